The van der Waals surface area contributed by atoms with Gasteiger partial charge in [-0.05, 0) is 31.9 Å². The van der Waals surface area contributed by atoms with Crippen LogP contribution in [0.25, 0.3) is 0 Å². The molecule has 1 aromatic carbocycles. The fourth-order valence-corrected chi connectivity index (χ4v) is 3.52. The van der Waals surface area contributed by atoms with Crippen molar-refractivity contribution in [3.8, 4) is 0 Å². The predicted molar refractivity (Wildman–Crippen MR) is 87.8 cm³/mol. The number of nitrogens with two attached hydrogens (primary N) is 1. The standard InChI is InChI=1S/C15H24N4O2S/c1-12-8-10-14(11-9-12)22(20,21)18-15(19(2)16)17-13-6-4-3-5-7-13/h8-11,13H,3-7,16H2,1-2H3,(H,17,18). The van der Waals surface area contributed by atoms with Gasteiger partial charge in [0.25, 0.3) is 10.0 Å². The summed E-state index contributed by atoms with van der Waals surface area (Å²) in [5.41, 5.74) is 1.01. The lowest BCUT2D eigenvalue weighted by Crippen LogP contribution is -2.46. The van der Waals surface area contributed by atoms with Gasteiger partial charge in [0, 0.05) is 7.05 Å². The number of hydrogen-bond acceptors (Lipinski definition) is 4. The highest BCUT2D eigenvalue weighted by molar-refractivity contribution is 7.90. The summed E-state index contributed by atoms with van der Waals surface area (Å²) in [4.78, 5) is 4.70. The molecule has 1 aromatic rings. The second kappa shape index (κ2) is 7.11. The van der Waals surface area contributed by atoms with E-state index in [1.54, 1.807) is 31.3 Å². The van der Waals surface area contributed by atoms with Crippen LogP contribution in [0.5, 0.6) is 0 Å². The number of nitrogens with zero attached hydrogens (tertiary/aromatic N) is 2. The van der Waals surface area contributed by atoms with Crippen LogP contribution in [0.2, 0.25) is 0 Å². The Morgan fingerprint density at radius 1 is 1.23 bits per heavy atom. The molecule has 0 aliphatic heterocycles. The van der Waals surface area contributed by atoms with Gasteiger partial charge in [0.05, 0.1) is 10.9 Å². The lowest BCUT2D eigenvalue weighted by atomic mass is 9.96. The number of hydrogen-bond donors (Lipinski definition) is 2. The number of sulfonamides is 1. The molecular weight excluding hydrogens is 300 g/mol. The molecule has 1 aliphatic carbocycles. The first-order valence-electron chi connectivity index (χ1n) is 7.54. The average molecular weight is 324 g/mol. The smallest absolute Gasteiger partial charge is 0.264 e. The van der Waals surface area contributed by atoms with E-state index in [-0.39, 0.29) is 16.9 Å². The summed E-state index contributed by atoms with van der Waals surface area (Å²) < 4.78 is 27.4. The van der Waals surface area contributed by atoms with E-state index in [1.807, 2.05) is 6.92 Å². The van der Waals surface area contributed by atoms with Crippen molar-refractivity contribution in [2.24, 2.45) is 10.8 Å². The summed E-state index contributed by atoms with van der Waals surface area (Å²) in [5, 5.41) is 1.22. The van der Waals surface area contributed by atoms with Crippen LogP contribution in [0.3, 0.4) is 0 Å². The molecule has 122 valence electrons. The number of aliphatic imine (C=N–C) groups is 1. The first-order chi connectivity index (χ1) is 10.4. The molecule has 0 heterocycles. The third-order valence-electron chi connectivity index (χ3n) is 3.77. The van der Waals surface area contributed by atoms with Gasteiger partial charge in [-0.25, -0.2) is 24.0 Å². The minimum absolute atomic E-state index is 0.135. The molecule has 6 nitrogen and oxygen atoms in total. The average Bonchev–Trinajstić information content (AvgIpc) is 2.48. The number of nitrogens with one attached hydrogen (secondary N) is 1. The second-order valence-corrected chi connectivity index (χ2v) is 7.46. The summed E-state index contributed by atoms with van der Waals surface area (Å²) in [5.74, 6) is 5.93. The van der Waals surface area contributed by atoms with Gasteiger partial charge in [0.2, 0.25) is 5.96 Å². The predicted octanol–water partition coefficient (Wildman–Crippen LogP) is 1.77. The van der Waals surface area contributed by atoms with E-state index >= 15 is 0 Å². The second-order valence-electron chi connectivity index (χ2n) is 5.77. The third-order valence-corrected chi connectivity index (χ3v) is 5.11. The molecule has 3 N–H and O–H groups in total. The Bertz CT molecular complexity index is 617. The van der Waals surface area contributed by atoms with E-state index < -0.39 is 10.0 Å². The highest BCUT2D eigenvalue weighted by Crippen LogP contribution is 2.20. The van der Waals surface area contributed by atoms with Crippen LogP contribution in [-0.4, -0.2) is 32.5 Å². The maximum atomic E-state index is 12.4. The zero-order valence-electron chi connectivity index (χ0n) is 13.1. The Morgan fingerprint density at radius 3 is 2.36 bits per heavy atom. The molecule has 1 saturated carbocycles. The maximum absolute atomic E-state index is 12.4. The zero-order valence-corrected chi connectivity index (χ0v) is 13.9. The summed E-state index contributed by atoms with van der Waals surface area (Å²) in [6.07, 6.45) is 5.42. The van der Waals surface area contributed by atoms with Crippen LogP contribution in [0.4, 0.5) is 0 Å². The van der Waals surface area contributed by atoms with E-state index in [1.165, 1.54) is 11.4 Å². The van der Waals surface area contributed by atoms with Gasteiger partial charge in [-0.3, -0.25) is 5.01 Å². The maximum Gasteiger partial charge on any atom is 0.264 e. The van der Waals surface area contributed by atoms with E-state index in [2.05, 4.69) is 9.71 Å². The van der Waals surface area contributed by atoms with Gasteiger partial charge in [-0.15, -0.1) is 0 Å². The lowest BCUT2D eigenvalue weighted by Gasteiger charge is -2.22. The van der Waals surface area contributed by atoms with Gasteiger partial charge in [0.1, 0.15) is 0 Å². The minimum atomic E-state index is -3.67. The van der Waals surface area contributed by atoms with Gasteiger partial charge in [-0.2, -0.15) is 0 Å². The normalized spacial score (nSPS) is 17.3. The molecule has 0 spiro atoms. The highest BCUT2D eigenvalue weighted by Gasteiger charge is 2.20. The highest BCUT2D eigenvalue weighted by atomic mass is 32.2. The molecule has 0 radical (unpaired) electrons. The van der Waals surface area contributed by atoms with Gasteiger partial charge < -0.3 is 0 Å². The summed E-state index contributed by atoms with van der Waals surface area (Å²) in [6, 6.07) is 6.81. The Hall–Kier alpha value is -1.60. The lowest BCUT2D eigenvalue weighted by molar-refractivity contribution is 0.431. The van der Waals surface area contributed by atoms with Crippen molar-refractivity contribution < 1.29 is 8.42 Å². The molecular formula is C15H24N4O2S. The fraction of sp³-hybridized carbons (Fsp3) is 0.533. The number of hydrazine groups is 1. The molecule has 2 rings (SSSR count). The van der Waals surface area contributed by atoms with Crippen molar-refractivity contribution in [2.75, 3.05) is 7.05 Å². The number of rotatable bonds is 3. The molecule has 0 aromatic heterocycles. The van der Waals surface area contributed by atoms with Crippen molar-refractivity contribution >= 4 is 16.0 Å². The van der Waals surface area contributed by atoms with E-state index in [0.717, 1.165) is 31.2 Å². The first-order valence-corrected chi connectivity index (χ1v) is 9.02. The summed E-state index contributed by atoms with van der Waals surface area (Å²) in [6.45, 7) is 1.91. The summed E-state index contributed by atoms with van der Waals surface area (Å²) >= 11 is 0. The molecule has 22 heavy (non-hydrogen) atoms. The van der Waals surface area contributed by atoms with Crippen molar-refractivity contribution in [3.05, 3.63) is 29.8 Å². The van der Waals surface area contributed by atoms with E-state index in [0.29, 0.717) is 0 Å². The van der Waals surface area contributed by atoms with E-state index in [9.17, 15) is 8.42 Å². The minimum Gasteiger partial charge on any atom is -0.283 e. The fourth-order valence-electron chi connectivity index (χ4n) is 2.47. The Kier molecular flexibility index (Phi) is 5.42. The van der Waals surface area contributed by atoms with Crippen molar-refractivity contribution in [1.29, 1.82) is 0 Å². The Balaban J connectivity index is 2.19. The van der Waals surface area contributed by atoms with Crippen LogP contribution >= 0.6 is 0 Å². The van der Waals surface area contributed by atoms with Crippen LogP contribution in [0.15, 0.2) is 34.2 Å². The number of aryl methyl sites for hydroxylation is 1. The van der Waals surface area contributed by atoms with Gasteiger partial charge in [-0.1, -0.05) is 37.0 Å². The van der Waals surface area contributed by atoms with Gasteiger partial charge in [0.15, 0.2) is 0 Å². The molecule has 1 aliphatic rings. The zero-order chi connectivity index (χ0) is 16.2. The Morgan fingerprint density at radius 2 is 1.82 bits per heavy atom. The molecule has 0 unspecified atom stereocenters. The van der Waals surface area contributed by atoms with Crippen molar-refractivity contribution in [2.45, 2.75) is 50.0 Å². The molecule has 1 fully saturated rings. The molecule has 0 atom stereocenters. The first kappa shape index (κ1) is 16.8. The molecule has 0 amide bonds. The number of guanidine groups is 1. The van der Waals surface area contributed by atoms with Gasteiger partial charge >= 0.3 is 0 Å². The van der Waals surface area contributed by atoms with Crippen LogP contribution in [0, 0.1) is 6.92 Å². The number of benzene rings is 1. The topological polar surface area (TPSA) is 87.8 Å². The largest absolute Gasteiger partial charge is 0.283 e. The molecule has 7 heteroatoms. The monoisotopic (exact) mass is 324 g/mol. The van der Waals surface area contributed by atoms with Crippen molar-refractivity contribution in [1.82, 2.24) is 9.73 Å². The third kappa shape index (κ3) is 4.45. The quantitative estimate of drug-likeness (QED) is 0.384. The van der Waals surface area contributed by atoms with Crippen LogP contribution in [-0.2, 0) is 10.0 Å². The van der Waals surface area contributed by atoms with Crippen LogP contribution in [0.1, 0.15) is 37.7 Å². The Labute approximate surface area is 132 Å². The van der Waals surface area contributed by atoms with Crippen LogP contribution < -0.4 is 10.6 Å². The molecule has 0 saturated heterocycles. The molecule has 0 bridgehead atoms. The van der Waals surface area contributed by atoms with Crippen molar-refractivity contribution in [3.63, 3.8) is 0 Å². The SMILES string of the molecule is Cc1ccc(S(=O)(=O)NC(=NC2CCCCC2)N(C)N)cc1. The van der Waals surface area contributed by atoms with E-state index in [4.69, 9.17) is 5.84 Å². The summed E-state index contributed by atoms with van der Waals surface area (Å²) in [7, 11) is -2.09.